The molecule has 0 nitrogen and oxygen atoms in total. The SMILES string of the molecule is C=C(/C=C\C)CC1CCC(C=S)CC1. The van der Waals surface area contributed by atoms with Crippen LogP contribution in [0.25, 0.3) is 0 Å². The van der Waals surface area contributed by atoms with E-state index in [9.17, 15) is 0 Å². The zero-order valence-corrected chi connectivity index (χ0v) is 9.85. The zero-order valence-electron chi connectivity index (χ0n) is 9.04. The van der Waals surface area contributed by atoms with Crippen LogP contribution in [0.4, 0.5) is 0 Å². The van der Waals surface area contributed by atoms with Crippen molar-refractivity contribution in [3.63, 3.8) is 0 Å². The molecule has 0 spiro atoms. The quantitative estimate of drug-likeness (QED) is 0.490. The summed E-state index contributed by atoms with van der Waals surface area (Å²) in [7, 11) is 0. The van der Waals surface area contributed by atoms with Gasteiger partial charge in [0, 0.05) is 0 Å². The average Bonchev–Trinajstić information content (AvgIpc) is 2.19. The van der Waals surface area contributed by atoms with Crippen LogP contribution >= 0.6 is 12.2 Å². The van der Waals surface area contributed by atoms with Gasteiger partial charge >= 0.3 is 0 Å². The smallest absolute Gasteiger partial charge is 0.0128 e. The first-order valence-electron chi connectivity index (χ1n) is 5.52. The van der Waals surface area contributed by atoms with Gasteiger partial charge in [0.25, 0.3) is 0 Å². The van der Waals surface area contributed by atoms with Gasteiger partial charge in [0.1, 0.15) is 0 Å². The van der Waals surface area contributed by atoms with Crippen LogP contribution < -0.4 is 0 Å². The van der Waals surface area contributed by atoms with Crippen molar-refractivity contribution in [2.24, 2.45) is 11.8 Å². The lowest BCUT2D eigenvalue weighted by molar-refractivity contribution is 0.326. The minimum atomic E-state index is 0.705. The highest BCUT2D eigenvalue weighted by Gasteiger charge is 2.19. The third kappa shape index (κ3) is 3.75. The second-order valence-electron chi connectivity index (χ2n) is 4.28. The lowest BCUT2D eigenvalue weighted by atomic mass is 9.80. The molecule has 1 heteroatoms. The highest BCUT2D eigenvalue weighted by atomic mass is 32.1. The van der Waals surface area contributed by atoms with Gasteiger partial charge in [-0.05, 0) is 56.2 Å². The molecule has 1 aliphatic carbocycles. The summed E-state index contributed by atoms with van der Waals surface area (Å²) in [6.45, 7) is 6.11. The van der Waals surface area contributed by atoms with E-state index in [1.165, 1.54) is 37.7 Å². The molecular formula is C13H20S. The Kier molecular flexibility index (Phi) is 5.10. The lowest BCUT2D eigenvalue weighted by Gasteiger charge is -2.26. The maximum Gasteiger partial charge on any atom is -0.0128 e. The van der Waals surface area contributed by atoms with Gasteiger partial charge in [-0.2, -0.15) is 0 Å². The fraction of sp³-hybridized carbons (Fsp3) is 0.615. The van der Waals surface area contributed by atoms with Crippen molar-refractivity contribution >= 4 is 17.6 Å². The predicted octanol–water partition coefficient (Wildman–Crippen LogP) is 4.31. The number of hydrogen-bond donors (Lipinski definition) is 0. The fourth-order valence-electron chi connectivity index (χ4n) is 2.20. The average molecular weight is 208 g/mol. The molecule has 0 aromatic carbocycles. The molecule has 0 aromatic rings. The molecule has 0 atom stereocenters. The monoisotopic (exact) mass is 208 g/mol. The summed E-state index contributed by atoms with van der Waals surface area (Å²) in [4.78, 5) is 0. The summed E-state index contributed by atoms with van der Waals surface area (Å²) in [5, 5.41) is 1.96. The summed E-state index contributed by atoms with van der Waals surface area (Å²) in [6.07, 6.45) is 10.6. The van der Waals surface area contributed by atoms with Gasteiger partial charge in [0.05, 0.1) is 0 Å². The molecule has 0 saturated heterocycles. The predicted molar refractivity (Wildman–Crippen MR) is 67.7 cm³/mol. The Balaban J connectivity index is 2.28. The Morgan fingerprint density at radius 2 is 2.00 bits per heavy atom. The maximum absolute atomic E-state index is 4.99. The van der Waals surface area contributed by atoms with Gasteiger partial charge in [-0.15, -0.1) is 0 Å². The van der Waals surface area contributed by atoms with E-state index in [-0.39, 0.29) is 0 Å². The first-order valence-corrected chi connectivity index (χ1v) is 5.99. The van der Waals surface area contributed by atoms with E-state index in [0.29, 0.717) is 5.92 Å². The standard InChI is InChI=1S/C13H20S/c1-3-4-11(2)9-12-5-7-13(10-14)8-6-12/h3-4,10,12-13H,2,5-9H2,1H3/b4-3-. The zero-order chi connectivity index (χ0) is 10.4. The molecule has 1 aliphatic rings. The van der Waals surface area contributed by atoms with Crippen LogP contribution in [0.2, 0.25) is 0 Å². The molecule has 0 radical (unpaired) electrons. The second-order valence-corrected chi connectivity index (χ2v) is 4.55. The van der Waals surface area contributed by atoms with Crippen LogP contribution in [0.15, 0.2) is 24.3 Å². The van der Waals surface area contributed by atoms with Crippen molar-refractivity contribution < 1.29 is 0 Å². The van der Waals surface area contributed by atoms with Crippen LogP contribution in [0, 0.1) is 11.8 Å². The van der Waals surface area contributed by atoms with Crippen molar-refractivity contribution in [2.75, 3.05) is 0 Å². The number of thiocarbonyl (C=S) groups is 1. The van der Waals surface area contributed by atoms with Crippen molar-refractivity contribution in [3.05, 3.63) is 24.3 Å². The van der Waals surface area contributed by atoms with Gasteiger partial charge < -0.3 is 0 Å². The van der Waals surface area contributed by atoms with E-state index < -0.39 is 0 Å². The van der Waals surface area contributed by atoms with E-state index in [1.807, 2.05) is 12.3 Å². The summed E-state index contributed by atoms with van der Waals surface area (Å²) in [6, 6.07) is 0. The largest absolute Gasteiger partial charge is 0.0958 e. The van der Waals surface area contributed by atoms with E-state index in [1.54, 1.807) is 0 Å². The van der Waals surface area contributed by atoms with Crippen molar-refractivity contribution in [1.82, 2.24) is 0 Å². The van der Waals surface area contributed by atoms with E-state index in [4.69, 9.17) is 12.2 Å². The van der Waals surface area contributed by atoms with Crippen molar-refractivity contribution in [1.29, 1.82) is 0 Å². The molecule has 1 fully saturated rings. The first kappa shape index (κ1) is 11.6. The fourth-order valence-corrected chi connectivity index (χ4v) is 2.48. The minimum Gasteiger partial charge on any atom is -0.0958 e. The van der Waals surface area contributed by atoms with Crippen LogP contribution in [0.1, 0.15) is 39.0 Å². The maximum atomic E-state index is 4.99. The minimum absolute atomic E-state index is 0.705. The molecule has 0 unspecified atom stereocenters. The molecule has 14 heavy (non-hydrogen) atoms. The van der Waals surface area contributed by atoms with Crippen molar-refractivity contribution in [2.45, 2.75) is 39.0 Å². The third-order valence-electron chi connectivity index (χ3n) is 3.04. The van der Waals surface area contributed by atoms with Crippen LogP contribution in [-0.4, -0.2) is 5.37 Å². The molecule has 78 valence electrons. The summed E-state index contributed by atoms with van der Waals surface area (Å²) < 4.78 is 0. The molecular weight excluding hydrogens is 188 g/mol. The van der Waals surface area contributed by atoms with Gasteiger partial charge in [-0.3, -0.25) is 0 Å². The molecule has 0 heterocycles. The number of allylic oxidation sites excluding steroid dienone is 3. The molecule has 0 amide bonds. The Morgan fingerprint density at radius 1 is 1.36 bits per heavy atom. The summed E-state index contributed by atoms with van der Waals surface area (Å²) in [5.41, 5.74) is 1.28. The van der Waals surface area contributed by atoms with Crippen LogP contribution in [-0.2, 0) is 0 Å². The molecule has 0 aliphatic heterocycles. The van der Waals surface area contributed by atoms with Gasteiger partial charge in [0.2, 0.25) is 0 Å². The highest BCUT2D eigenvalue weighted by Crippen LogP contribution is 2.31. The molecule has 0 bridgehead atoms. The Labute approximate surface area is 93.1 Å². The van der Waals surface area contributed by atoms with E-state index in [2.05, 4.69) is 18.7 Å². The van der Waals surface area contributed by atoms with E-state index >= 15 is 0 Å². The third-order valence-corrected chi connectivity index (χ3v) is 3.42. The Morgan fingerprint density at radius 3 is 2.50 bits per heavy atom. The van der Waals surface area contributed by atoms with Crippen LogP contribution in [0.5, 0.6) is 0 Å². The van der Waals surface area contributed by atoms with Crippen molar-refractivity contribution in [3.8, 4) is 0 Å². The van der Waals surface area contributed by atoms with Gasteiger partial charge in [0.15, 0.2) is 0 Å². The van der Waals surface area contributed by atoms with Gasteiger partial charge in [-0.1, -0.05) is 36.5 Å². The van der Waals surface area contributed by atoms with Gasteiger partial charge in [-0.25, -0.2) is 0 Å². The Bertz CT molecular complexity index is 219. The molecule has 0 aromatic heterocycles. The van der Waals surface area contributed by atoms with E-state index in [0.717, 1.165) is 5.92 Å². The molecule has 1 saturated carbocycles. The summed E-state index contributed by atoms with van der Waals surface area (Å²) in [5.74, 6) is 1.56. The molecule has 0 N–H and O–H groups in total. The number of rotatable bonds is 4. The lowest BCUT2D eigenvalue weighted by Crippen LogP contribution is -2.15. The topological polar surface area (TPSA) is 0 Å². The number of hydrogen-bond acceptors (Lipinski definition) is 1. The normalized spacial score (nSPS) is 27.8. The first-order chi connectivity index (χ1) is 6.76. The highest BCUT2D eigenvalue weighted by molar-refractivity contribution is 7.79. The van der Waals surface area contributed by atoms with Crippen LogP contribution in [0.3, 0.4) is 0 Å². The second kappa shape index (κ2) is 6.13. The summed E-state index contributed by atoms with van der Waals surface area (Å²) >= 11 is 4.99. The Hall–Kier alpha value is -0.430. The molecule has 1 rings (SSSR count).